The molecular formula is C8H8N2O2. The molecule has 4 nitrogen and oxygen atoms in total. The van der Waals surface area contributed by atoms with Crippen molar-refractivity contribution in [2.24, 2.45) is 4.99 Å². The van der Waals surface area contributed by atoms with Gasteiger partial charge in [-0.05, 0) is 13.0 Å². The molecule has 0 atom stereocenters. The van der Waals surface area contributed by atoms with Crippen LogP contribution < -0.4 is 0 Å². The molecular weight excluding hydrogens is 156 g/mol. The summed E-state index contributed by atoms with van der Waals surface area (Å²) in [7, 11) is 0. The second-order valence-electron chi connectivity index (χ2n) is 1.94. The fourth-order valence-electron chi connectivity index (χ4n) is 0.646. The van der Waals surface area contributed by atoms with Gasteiger partial charge in [0.05, 0.1) is 12.9 Å². The first-order chi connectivity index (χ1) is 5.88. The predicted octanol–water partition coefficient (Wildman–Crippen LogP) is 1.85. The number of aliphatic imine (C=N–C) groups is 1. The molecule has 12 heavy (non-hydrogen) atoms. The summed E-state index contributed by atoms with van der Waals surface area (Å²) in [6, 6.07) is 3.49. The highest BCUT2D eigenvalue weighted by Gasteiger charge is 2.01. The van der Waals surface area contributed by atoms with Gasteiger partial charge in [-0.15, -0.1) is 0 Å². The van der Waals surface area contributed by atoms with E-state index in [9.17, 15) is 0 Å². The van der Waals surface area contributed by atoms with Gasteiger partial charge in [-0.2, -0.15) is 10.3 Å². The molecule has 0 aliphatic heterocycles. The molecule has 62 valence electrons. The van der Waals surface area contributed by atoms with Gasteiger partial charge in [0.2, 0.25) is 5.88 Å². The van der Waals surface area contributed by atoms with E-state index in [1.54, 1.807) is 6.07 Å². The number of hydrogen-bond donors (Lipinski definition) is 0. The smallest absolute Gasteiger partial charge is 0.239 e. The van der Waals surface area contributed by atoms with Gasteiger partial charge in [0, 0.05) is 0 Å². The second kappa shape index (κ2) is 4.19. The van der Waals surface area contributed by atoms with Crippen molar-refractivity contribution < 1.29 is 9.15 Å². The Labute approximate surface area is 70.1 Å². The summed E-state index contributed by atoms with van der Waals surface area (Å²) >= 11 is 0. The van der Waals surface area contributed by atoms with Crippen molar-refractivity contribution in [1.29, 1.82) is 5.26 Å². The first-order valence-electron chi connectivity index (χ1n) is 3.50. The third-order valence-corrected chi connectivity index (χ3v) is 1.18. The molecule has 1 rings (SSSR count). The lowest BCUT2D eigenvalue weighted by atomic mass is 10.3. The van der Waals surface area contributed by atoms with Crippen molar-refractivity contribution in [2.75, 3.05) is 6.61 Å². The molecule has 0 aliphatic rings. The van der Waals surface area contributed by atoms with Gasteiger partial charge in [-0.3, -0.25) is 0 Å². The molecule has 1 aromatic rings. The lowest BCUT2D eigenvalue weighted by Crippen LogP contribution is -1.83. The molecule has 0 fully saturated rings. The van der Waals surface area contributed by atoms with Gasteiger partial charge < -0.3 is 9.15 Å². The molecule has 1 aromatic heterocycles. The molecule has 0 saturated carbocycles. The minimum absolute atomic E-state index is 0.283. The monoisotopic (exact) mass is 164 g/mol. The second-order valence-corrected chi connectivity index (χ2v) is 1.94. The molecule has 0 aliphatic carbocycles. The van der Waals surface area contributed by atoms with Crippen molar-refractivity contribution in [3.8, 4) is 6.07 Å². The highest BCUT2D eigenvalue weighted by Crippen LogP contribution is 2.18. The molecule has 4 heteroatoms. The third-order valence-electron chi connectivity index (χ3n) is 1.18. The molecule has 0 spiro atoms. The Morgan fingerprint density at radius 3 is 3.33 bits per heavy atom. The van der Waals surface area contributed by atoms with Crippen LogP contribution in [0.2, 0.25) is 0 Å². The highest BCUT2D eigenvalue weighted by molar-refractivity contribution is 5.56. The van der Waals surface area contributed by atoms with Gasteiger partial charge in [-0.1, -0.05) is 0 Å². The number of nitriles is 1. The number of hydrogen-bond acceptors (Lipinski definition) is 4. The number of nitrogens with zero attached hydrogens (tertiary/aromatic N) is 2. The maximum Gasteiger partial charge on any atom is 0.239 e. The van der Waals surface area contributed by atoms with E-state index in [0.717, 1.165) is 0 Å². The Morgan fingerprint density at radius 2 is 2.67 bits per heavy atom. The summed E-state index contributed by atoms with van der Waals surface area (Å²) in [5, 5.41) is 8.54. The number of furan rings is 1. The zero-order valence-corrected chi connectivity index (χ0v) is 6.65. The average molecular weight is 164 g/mol. The van der Waals surface area contributed by atoms with E-state index < -0.39 is 0 Å². The lowest BCUT2D eigenvalue weighted by Gasteiger charge is -1.89. The molecule has 0 amide bonds. The van der Waals surface area contributed by atoms with Crippen LogP contribution in [0.5, 0.6) is 0 Å². The largest absolute Gasteiger partial charge is 0.483 e. The average Bonchev–Trinajstić information content (AvgIpc) is 2.52. The Kier molecular flexibility index (Phi) is 2.91. The summed E-state index contributed by atoms with van der Waals surface area (Å²) < 4.78 is 9.75. The van der Waals surface area contributed by atoms with E-state index in [2.05, 4.69) is 4.99 Å². The number of rotatable bonds is 3. The van der Waals surface area contributed by atoms with E-state index in [-0.39, 0.29) is 5.88 Å². The summed E-state index contributed by atoms with van der Waals surface area (Å²) in [6.45, 7) is 2.39. The van der Waals surface area contributed by atoms with Gasteiger partial charge in [0.15, 0.2) is 6.40 Å². The third kappa shape index (κ3) is 1.86. The van der Waals surface area contributed by atoms with Crippen LogP contribution in [0, 0.1) is 11.3 Å². The van der Waals surface area contributed by atoms with Crippen LogP contribution in [0.4, 0.5) is 5.88 Å². The Morgan fingerprint density at radius 1 is 1.83 bits per heavy atom. The summed E-state index contributed by atoms with van der Waals surface area (Å²) in [6.07, 6.45) is 2.68. The van der Waals surface area contributed by atoms with Crippen LogP contribution in [0.3, 0.4) is 0 Å². The minimum Gasteiger partial charge on any atom is -0.483 e. The molecule has 0 radical (unpaired) electrons. The van der Waals surface area contributed by atoms with Gasteiger partial charge in [0.1, 0.15) is 11.6 Å². The van der Waals surface area contributed by atoms with E-state index >= 15 is 0 Å². The standard InChI is InChI=1S/C8H8N2O2/c1-2-11-6-10-8-7(5-9)3-4-12-8/h3-4,6H,2H2,1H3/b10-6-. The van der Waals surface area contributed by atoms with Crippen LogP contribution in [-0.4, -0.2) is 13.0 Å². The molecule has 1 heterocycles. The van der Waals surface area contributed by atoms with Crippen molar-refractivity contribution in [2.45, 2.75) is 6.92 Å². The Balaban J connectivity index is 2.69. The lowest BCUT2D eigenvalue weighted by molar-refractivity contribution is 0.343. The fraction of sp³-hybridized carbons (Fsp3) is 0.250. The maximum absolute atomic E-state index is 8.54. The number of ether oxygens (including phenoxy) is 1. The minimum atomic E-state index is 0.283. The molecule has 0 bridgehead atoms. The Hall–Kier alpha value is -1.76. The first-order valence-corrected chi connectivity index (χ1v) is 3.50. The topological polar surface area (TPSA) is 58.5 Å². The molecule has 0 saturated heterocycles. The fourth-order valence-corrected chi connectivity index (χ4v) is 0.646. The van der Waals surface area contributed by atoms with Gasteiger partial charge in [0.25, 0.3) is 0 Å². The van der Waals surface area contributed by atoms with Crippen LogP contribution in [0.1, 0.15) is 12.5 Å². The van der Waals surface area contributed by atoms with E-state index in [0.29, 0.717) is 12.2 Å². The first kappa shape index (κ1) is 8.34. The SMILES string of the molecule is CCO/C=N\c1occc1C#N. The van der Waals surface area contributed by atoms with Crippen molar-refractivity contribution in [1.82, 2.24) is 0 Å². The molecule has 0 unspecified atom stereocenters. The van der Waals surface area contributed by atoms with Crippen molar-refractivity contribution in [3.05, 3.63) is 17.9 Å². The van der Waals surface area contributed by atoms with E-state index in [1.165, 1.54) is 12.7 Å². The normalized spacial score (nSPS) is 10.0. The van der Waals surface area contributed by atoms with Crippen LogP contribution in [0.25, 0.3) is 0 Å². The summed E-state index contributed by atoms with van der Waals surface area (Å²) in [5.41, 5.74) is 0.408. The van der Waals surface area contributed by atoms with Gasteiger partial charge in [-0.25, -0.2) is 0 Å². The Bertz CT molecular complexity index is 309. The van der Waals surface area contributed by atoms with Gasteiger partial charge >= 0.3 is 0 Å². The molecule has 0 aromatic carbocycles. The van der Waals surface area contributed by atoms with Crippen LogP contribution in [-0.2, 0) is 4.74 Å². The van der Waals surface area contributed by atoms with E-state index in [1.807, 2.05) is 13.0 Å². The highest BCUT2D eigenvalue weighted by atomic mass is 16.5. The quantitative estimate of drug-likeness (QED) is 0.506. The zero-order valence-electron chi connectivity index (χ0n) is 6.65. The van der Waals surface area contributed by atoms with E-state index in [4.69, 9.17) is 14.4 Å². The predicted molar refractivity (Wildman–Crippen MR) is 43.2 cm³/mol. The zero-order chi connectivity index (χ0) is 8.81. The maximum atomic E-state index is 8.54. The van der Waals surface area contributed by atoms with Crippen LogP contribution in [0.15, 0.2) is 21.7 Å². The van der Waals surface area contributed by atoms with Crippen LogP contribution >= 0.6 is 0 Å². The molecule has 0 N–H and O–H groups in total. The summed E-state index contributed by atoms with van der Waals surface area (Å²) in [5.74, 6) is 0.283. The van der Waals surface area contributed by atoms with Crippen molar-refractivity contribution >= 4 is 12.3 Å². The van der Waals surface area contributed by atoms with Crippen molar-refractivity contribution in [3.63, 3.8) is 0 Å². The summed E-state index contributed by atoms with van der Waals surface area (Å²) in [4.78, 5) is 3.79.